The molecule has 1 aliphatic carbocycles. The van der Waals surface area contributed by atoms with Gasteiger partial charge in [0.1, 0.15) is 5.75 Å². The number of carbonyl (C=O) groups is 2. The lowest BCUT2D eigenvalue weighted by Gasteiger charge is -2.43. The Labute approximate surface area is 176 Å². The summed E-state index contributed by atoms with van der Waals surface area (Å²) in [6.45, 7) is 4.14. The van der Waals surface area contributed by atoms with Crippen LogP contribution in [0.2, 0.25) is 5.02 Å². The third-order valence-electron chi connectivity index (χ3n) is 5.74. The van der Waals surface area contributed by atoms with Crippen molar-refractivity contribution >= 4 is 29.0 Å². The quantitative estimate of drug-likeness (QED) is 0.671. The Bertz CT molecular complexity index is 1020. The zero-order chi connectivity index (χ0) is 20.8. The second-order valence-electron chi connectivity index (χ2n) is 8.51. The third-order valence-corrected chi connectivity index (χ3v) is 6.08. The number of halogens is 1. The SMILES string of the molecule is COc1cccc(N2C(=O)CC(c3ccccc3Cl)C3=C2CC(C)(C)CC3=O)c1. The summed E-state index contributed by atoms with van der Waals surface area (Å²) < 4.78 is 5.35. The van der Waals surface area contributed by atoms with Crippen molar-refractivity contribution in [2.75, 3.05) is 12.0 Å². The molecule has 2 aromatic rings. The number of allylic oxidation sites excluding steroid dienone is 2. The molecule has 4 nitrogen and oxygen atoms in total. The van der Waals surface area contributed by atoms with Crippen molar-refractivity contribution < 1.29 is 14.3 Å². The number of benzene rings is 2. The van der Waals surface area contributed by atoms with Crippen LogP contribution in [0.1, 0.15) is 44.6 Å². The topological polar surface area (TPSA) is 46.6 Å². The number of rotatable bonds is 3. The molecule has 1 aliphatic heterocycles. The summed E-state index contributed by atoms with van der Waals surface area (Å²) in [4.78, 5) is 28.4. The maximum absolute atomic E-state index is 13.4. The molecule has 29 heavy (non-hydrogen) atoms. The molecule has 150 valence electrons. The highest BCUT2D eigenvalue weighted by Crippen LogP contribution is 2.49. The summed E-state index contributed by atoms with van der Waals surface area (Å²) in [5.74, 6) is 0.428. The number of amides is 1. The molecule has 0 radical (unpaired) electrons. The van der Waals surface area contributed by atoms with Gasteiger partial charge in [-0.1, -0.05) is 49.7 Å². The van der Waals surface area contributed by atoms with Crippen LogP contribution in [0, 0.1) is 5.41 Å². The first kappa shape index (κ1) is 19.7. The van der Waals surface area contributed by atoms with Gasteiger partial charge in [0, 0.05) is 41.1 Å². The standard InChI is InChI=1S/C24H24ClNO3/c1-24(2)13-20-23(21(27)14-24)18(17-9-4-5-10-19(17)25)12-22(28)26(20)15-7-6-8-16(11-15)29-3/h4-11,18H,12-14H2,1-3H3. The lowest BCUT2D eigenvalue weighted by molar-refractivity contribution is -0.121. The lowest BCUT2D eigenvalue weighted by atomic mass is 9.69. The van der Waals surface area contributed by atoms with E-state index in [0.29, 0.717) is 23.6 Å². The Kier molecular flexibility index (Phi) is 4.99. The van der Waals surface area contributed by atoms with E-state index in [4.69, 9.17) is 16.3 Å². The number of carbonyl (C=O) groups excluding carboxylic acids is 2. The van der Waals surface area contributed by atoms with E-state index in [-0.39, 0.29) is 29.4 Å². The molecular weight excluding hydrogens is 386 g/mol. The van der Waals surface area contributed by atoms with Crippen LogP contribution in [0.15, 0.2) is 59.8 Å². The van der Waals surface area contributed by atoms with Crippen LogP contribution in [-0.4, -0.2) is 18.8 Å². The van der Waals surface area contributed by atoms with Gasteiger partial charge in [0.2, 0.25) is 5.91 Å². The van der Waals surface area contributed by atoms with E-state index in [1.165, 1.54) is 0 Å². The molecule has 0 fully saturated rings. The van der Waals surface area contributed by atoms with E-state index < -0.39 is 0 Å². The fourth-order valence-electron chi connectivity index (χ4n) is 4.49. The van der Waals surface area contributed by atoms with E-state index >= 15 is 0 Å². The van der Waals surface area contributed by atoms with Gasteiger partial charge < -0.3 is 4.74 Å². The molecule has 1 atom stereocenters. The Morgan fingerprint density at radius 3 is 2.55 bits per heavy atom. The van der Waals surface area contributed by atoms with Gasteiger partial charge in [-0.25, -0.2) is 0 Å². The number of ketones is 1. The second-order valence-corrected chi connectivity index (χ2v) is 8.92. The van der Waals surface area contributed by atoms with E-state index in [0.717, 1.165) is 22.5 Å². The molecule has 1 heterocycles. The van der Waals surface area contributed by atoms with Crippen LogP contribution >= 0.6 is 11.6 Å². The van der Waals surface area contributed by atoms with Gasteiger partial charge >= 0.3 is 0 Å². The summed E-state index contributed by atoms with van der Waals surface area (Å²) >= 11 is 6.46. The fraction of sp³-hybridized carbons (Fsp3) is 0.333. The number of anilines is 1. The van der Waals surface area contributed by atoms with Gasteiger partial charge in [0.05, 0.1) is 12.8 Å². The minimum absolute atomic E-state index is 0.0348. The van der Waals surface area contributed by atoms with Crippen LogP contribution < -0.4 is 9.64 Å². The molecule has 0 N–H and O–H groups in total. The third kappa shape index (κ3) is 3.58. The van der Waals surface area contributed by atoms with E-state index in [2.05, 4.69) is 13.8 Å². The molecule has 0 saturated heterocycles. The molecule has 0 bridgehead atoms. The maximum Gasteiger partial charge on any atom is 0.232 e. The van der Waals surface area contributed by atoms with Gasteiger partial charge in [0.25, 0.3) is 0 Å². The summed E-state index contributed by atoms with van der Waals surface area (Å²) in [6, 6.07) is 14.9. The number of ether oxygens (including phenoxy) is 1. The largest absolute Gasteiger partial charge is 0.497 e. The van der Waals surface area contributed by atoms with Crippen LogP contribution in [-0.2, 0) is 9.59 Å². The highest BCUT2D eigenvalue weighted by molar-refractivity contribution is 6.31. The number of Topliss-reactive ketones (excluding diaryl/α,β-unsaturated/α-hetero) is 1. The minimum Gasteiger partial charge on any atom is -0.497 e. The predicted molar refractivity (Wildman–Crippen MR) is 114 cm³/mol. The number of hydrogen-bond donors (Lipinski definition) is 0. The number of nitrogens with zero attached hydrogens (tertiary/aromatic N) is 1. The van der Waals surface area contributed by atoms with Gasteiger partial charge in [-0.3, -0.25) is 14.5 Å². The average molecular weight is 410 g/mol. The molecule has 1 unspecified atom stereocenters. The molecule has 0 saturated carbocycles. The zero-order valence-electron chi connectivity index (χ0n) is 16.9. The van der Waals surface area contributed by atoms with Crippen molar-refractivity contribution in [1.29, 1.82) is 0 Å². The van der Waals surface area contributed by atoms with Crippen LogP contribution in [0.5, 0.6) is 5.75 Å². The zero-order valence-corrected chi connectivity index (χ0v) is 17.6. The smallest absolute Gasteiger partial charge is 0.232 e. The molecule has 4 rings (SSSR count). The van der Waals surface area contributed by atoms with Crippen LogP contribution in [0.4, 0.5) is 5.69 Å². The summed E-state index contributed by atoms with van der Waals surface area (Å²) in [7, 11) is 1.60. The van der Waals surface area contributed by atoms with Crippen molar-refractivity contribution in [2.45, 2.75) is 39.0 Å². The van der Waals surface area contributed by atoms with Gasteiger partial charge in [0.15, 0.2) is 5.78 Å². The molecular formula is C24H24ClNO3. The Morgan fingerprint density at radius 2 is 1.83 bits per heavy atom. The Balaban J connectivity index is 1.91. The molecule has 0 aromatic heterocycles. The molecule has 5 heteroatoms. The van der Waals surface area contributed by atoms with Crippen molar-refractivity contribution in [1.82, 2.24) is 0 Å². The first-order valence-corrected chi connectivity index (χ1v) is 10.2. The summed E-state index contributed by atoms with van der Waals surface area (Å²) in [5.41, 5.74) is 2.87. The van der Waals surface area contributed by atoms with E-state index in [1.807, 2.05) is 48.5 Å². The van der Waals surface area contributed by atoms with Crippen molar-refractivity contribution in [3.8, 4) is 5.75 Å². The first-order chi connectivity index (χ1) is 13.8. The van der Waals surface area contributed by atoms with E-state index in [1.54, 1.807) is 12.0 Å². The summed E-state index contributed by atoms with van der Waals surface area (Å²) in [6.07, 6.45) is 1.33. The average Bonchev–Trinajstić information content (AvgIpc) is 2.66. The highest BCUT2D eigenvalue weighted by atomic mass is 35.5. The van der Waals surface area contributed by atoms with E-state index in [9.17, 15) is 9.59 Å². The molecule has 0 spiro atoms. The van der Waals surface area contributed by atoms with Gasteiger partial charge in [-0.05, 0) is 35.6 Å². The molecule has 1 amide bonds. The van der Waals surface area contributed by atoms with Crippen LogP contribution in [0.25, 0.3) is 0 Å². The fourth-order valence-corrected chi connectivity index (χ4v) is 4.76. The molecule has 2 aliphatic rings. The Morgan fingerprint density at radius 1 is 1.07 bits per heavy atom. The van der Waals surface area contributed by atoms with Crippen molar-refractivity contribution in [3.63, 3.8) is 0 Å². The van der Waals surface area contributed by atoms with Gasteiger partial charge in [-0.15, -0.1) is 0 Å². The first-order valence-electron chi connectivity index (χ1n) is 9.78. The predicted octanol–water partition coefficient (Wildman–Crippen LogP) is 5.51. The van der Waals surface area contributed by atoms with Crippen LogP contribution in [0.3, 0.4) is 0 Å². The minimum atomic E-state index is -0.309. The second kappa shape index (κ2) is 7.34. The maximum atomic E-state index is 13.4. The number of methoxy groups -OCH3 is 1. The Hall–Kier alpha value is -2.59. The normalized spacial score (nSPS) is 21.2. The monoisotopic (exact) mass is 409 g/mol. The molecule has 2 aromatic carbocycles. The highest BCUT2D eigenvalue weighted by Gasteiger charge is 2.44. The van der Waals surface area contributed by atoms with Crippen molar-refractivity contribution in [3.05, 3.63) is 70.4 Å². The number of hydrogen-bond acceptors (Lipinski definition) is 3. The van der Waals surface area contributed by atoms with Gasteiger partial charge in [-0.2, -0.15) is 0 Å². The summed E-state index contributed by atoms with van der Waals surface area (Å²) in [5, 5.41) is 0.588. The van der Waals surface area contributed by atoms with Crippen molar-refractivity contribution in [2.24, 2.45) is 5.41 Å². The lowest BCUT2D eigenvalue weighted by Crippen LogP contribution is -2.43.